The second kappa shape index (κ2) is 5.60. The molecule has 0 spiro atoms. The van der Waals surface area contributed by atoms with Gasteiger partial charge in [-0.25, -0.2) is 0 Å². The molecule has 0 radical (unpaired) electrons. The van der Waals surface area contributed by atoms with E-state index in [1.54, 1.807) is 0 Å². The van der Waals surface area contributed by atoms with Crippen LogP contribution < -0.4 is 11.1 Å². The van der Waals surface area contributed by atoms with Gasteiger partial charge in [0.2, 0.25) is 5.91 Å². The molecule has 0 heterocycles. The summed E-state index contributed by atoms with van der Waals surface area (Å²) < 4.78 is 0. The molecule has 1 amide bonds. The number of carbonyl (C=O) groups is 1. The van der Waals surface area contributed by atoms with Crippen molar-refractivity contribution in [2.75, 3.05) is 0 Å². The lowest BCUT2D eigenvalue weighted by atomic mass is 9.76. The first-order valence-electron chi connectivity index (χ1n) is 7.25. The molecule has 1 saturated carbocycles. The van der Waals surface area contributed by atoms with Crippen LogP contribution in [0, 0.1) is 11.3 Å². The molecule has 0 aromatic rings. The molecule has 2 atom stereocenters. The molecule has 0 bridgehead atoms. The van der Waals surface area contributed by atoms with Crippen LogP contribution in [0.15, 0.2) is 0 Å². The zero-order valence-corrected chi connectivity index (χ0v) is 12.7. The molecule has 0 aromatic carbocycles. The molecule has 0 saturated heterocycles. The molecule has 2 unspecified atom stereocenters. The van der Waals surface area contributed by atoms with Gasteiger partial charge in [0.25, 0.3) is 0 Å². The van der Waals surface area contributed by atoms with Gasteiger partial charge in [-0.05, 0) is 50.9 Å². The van der Waals surface area contributed by atoms with Crippen molar-refractivity contribution < 1.29 is 4.79 Å². The standard InChI is InChI=1S/C15H30N2O/c1-11(2)17-15(13(16)18)9-6-7-12(8-10-15)14(3,4)5/h11-12,17H,6-10H2,1-5H3,(H2,16,18). The van der Waals surface area contributed by atoms with Crippen molar-refractivity contribution in [3.63, 3.8) is 0 Å². The van der Waals surface area contributed by atoms with Crippen LogP contribution in [-0.2, 0) is 4.79 Å². The monoisotopic (exact) mass is 254 g/mol. The Kier molecular flexibility index (Phi) is 4.82. The van der Waals surface area contributed by atoms with Gasteiger partial charge in [-0.15, -0.1) is 0 Å². The van der Waals surface area contributed by atoms with Crippen molar-refractivity contribution in [2.45, 2.75) is 78.3 Å². The molecule has 1 aliphatic rings. The summed E-state index contributed by atoms with van der Waals surface area (Å²) in [5.41, 5.74) is 5.52. The third kappa shape index (κ3) is 3.71. The number of amides is 1. The quantitative estimate of drug-likeness (QED) is 0.761. The van der Waals surface area contributed by atoms with E-state index in [-0.39, 0.29) is 5.91 Å². The molecule has 3 heteroatoms. The van der Waals surface area contributed by atoms with E-state index >= 15 is 0 Å². The van der Waals surface area contributed by atoms with Gasteiger partial charge < -0.3 is 11.1 Å². The Bertz CT molecular complexity index is 293. The Hall–Kier alpha value is -0.570. The van der Waals surface area contributed by atoms with E-state index in [9.17, 15) is 4.79 Å². The van der Waals surface area contributed by atoms with Gasteiger partial charge in [-0.2, -0.15) is 0 Å². The van der Waals surface area contributed by atoms with Crippen LogP contribution in [0.2, 0.25) is 0 Å². The molecule has 106 valence electrons. The average Bonchev–Trinajstić information content (AvgIpc) is 2.39. The van der Waals surface area contributed by atoms with Gasteiger partial charge in [0.05, 0.1) is 5.54 Å². The first-order valence-corrected chi connectivity index (χ1v) is 7.25. The first-order chi connectivity index (χ1) is 8.17. The van der Waals surface area contributed by atoms with E-state index in [1.807, 2.05) is 0 Å². The summed E-state index contributed by atoms with van der Waals surface area (Å²) in [5, 5.41) is 3.43. The van der Waals surface area contributed by atoms with Gasteiger partial charge >= 0.3 is 0 Å². The fourth-order valence-corrected chi connectivity index (χ4v) is 3.22. The number of primary amides is 1. The molecule has 0 aromatic heterocycles. The van der Waals surface area contributed by atoms with Gasteiger partial charge in [0.15, 0.2) is 0 Å². The smallest absolute Gasteiger partial charge is 0.237 e. The van der Waals surface area contributed by atoms with E-state index in [4.69, 9.17) is 5.73 Å². The molecule has 3 nitrogen and oxygen atoms in total. The summed E-state index contributed by atoms with van der Waals surface area (Å²) in [5.74, 6) is 0.512. The number of nitrogens with two attached hydrogens (primary N) is 1. The molecular formula is C15H30N2O. The van der Waals surface area contributed by atoms with Crippen molar-refractivity contribution in [1.82, 2.24) is 5.32 Å². The number of hydrogen-bond donors (Lipinski definition) is 2. The highest BCUT2D eigenvalue weighted by molar-refractivity contribution is 5.84. The predicted octanol–water partition coefficient (Wildman–Crippen LogP) is 2.83. The molecule has 18 heavy (non-hydrogen) atoms. The number of carbonyl (C=O) groups excluding carboxylic acids is 1. The van der Waals surface area contributed by atoms with Gasteiger partial charge in [-0.3, -0.25) is 4.79 Å². The normalized spacial score (nSPS) is 30.2. The molecule has 0 aliphatic heterocycles. The zero-order chi connectivity index (χ0) is 14.0. The van der Waals surface area contributed by atoms with Gasteiger partial charge in [0.1, 0.15) is 0 Å². The minimum absolute atomic E-state index is 0.175. The van der Waals surface area contributed by atoms with Crippen LogP contribution in [-0.4, -0.2) is 17.5 Å². The summed E-state index contributed by atoms with van der Waals surface area (Å²) in [7, 11) is 0. The maximum Gasteiger partial charge on any atom is 0.237 e. The van der Waals surface area contributed by atoms with E-state index in [2.05, 4.69) is 39.9 Å². The predicted molar refractivity (Wildman–Crippen MR) is 76.2 cm³/mol. The van der Waals surface area contributed by atoms with Crippen LogP contribution in [0.1, 0.15) is 66.7 Å². The van der Waals surface area contributed by atoms with Crippen molar-refractivity contribution in [3.05, 3.63) is 0 Å². The van der Waals surface area contributed by atoms with Crippen LogP contribution >= 0.6 is 0 Å². The number of rotatable bonds is 3. The fourth-order valence-electron chi connectivity index (χ4n) is 3.22. The minimum Gasteiger partial charge on any atom is -0.368 e. The SMILES string of the molecule is CC(C)NC1(C(N)=O)CCCC(C(C)(C)C)CC1. The highest BCUT2D eigenvalue weighted by Crippen LogP contribution is 2.39. The van der Waals surface area contributed by atoms with E-state index in [0.29, 0.717) is 17.4 Å². The summed E-state index contributed by atoms with van der Waals surface area (Å²) >= 11 is 0. The van der Waals surface area contributed by atoms with Gasteiger partial charge in [0, 0.05) is 6.04 Å². The minimum atomic E-state index is -0.478. The summed E-state index contributed by atoms with van der Waals surface area (Å²) in [4.78, 5) is 11.9. The maximum absolute atomic E-state index is 11.9. The van der Waals surface area contributed by atoms with Crippen LogP contribution in [0.4, 0.5) is 0 Å². The van der Waals surface area contributed by atoms with Crippen molar-refractivity contribution in [3.8, 4) is 0 Å². The molecule has 1 rings (SSSR count). The zero-order valence-electron chi connectivity index (χ0n) is 12.7. The van der Waals surface area contributed by atoms with E-state index < -0.39 is 5.54 Å². The van der Waals surface area contributed by atoms with Gasteiger partial charge in [-0.1, -0.05) is 27.2 Å². The lowest BCUT2D eigenvalue weighted by Gasteiger charge is -2.34. The fraction of sp³-hybridized carbons (Fsp3) is 0.933. The summed E-state index contributed by atoms with van der Waals surface area (Å²) in [6, 6.07) is 0.295. The second-order valence-corrected chi connectivity index (χ2v) is 7.24. The Balaban J connectivity index is 2.81. The molecular weight excluding hydrogens is 224 g/mol. The highest BCUT2D eigenvalue weighted by Gasteiger charge is 2.40. The first kappa shape index (κ1) is 15.5. The van der Waals surface area contributed by atoms with E-state index in [0.717, 1.165) is 25.7 Å². The Morgan fingerprint density at radius 1 is 1.28 bits per heavy atom. The Labute approximate surface area is 112 Å². The molecule has 1 aliphatic carbocycles. The Morgan fingerprint density at radius 3 is 2.33 bits per heavy atom. The third-order valence-corrected chi connectivity index (χ3v) is 4.34. The largest absolute Gasteiger partial charge is 0.368 e. The third-order valence-electron chi connectivity index (χ3n) is 4.34. The lowest BCUT2D eigenvalue weighted by molar-refractivity contribution is -0.125. The van der Waals surface area contributed by atoms with Crippen LogP contribution in [0.25, 0.3) is 0 Å². The van der Waals surface area contributed by atoms with E-state index in [1.165, 1.54) is 6.42 Å². The average molecular weight is 254 g/mol. The van der Waals surface area contributed by atoms with Crippen molar-refractivity contribution >= 4 is 5.91 Å². The molecule has 1 fully saturated rings. The Morgan fingerprint density at radius 2 is 1.89 bits per heavy atom. The molecule has 3 N–H and O–H groups in total. The van der Waals surface area contributed by atoms with Crippen LogP contribution in [0.3, 0.4) is 0 Å². The number of nitrogens with one attached hydrogen (secondary N) is 1. The maximum atomic E-state index is 11.9. The second-order valence-electron chi connectivity index (χ2n) is 7.24. The topological polar surface area (TPSA) is 55.1 Å². The summed E-state index contributed by atoms with van der Waals surface area (Å²) in [6.45, 7) is 11.0. The highest BCUT2D eigenvalue weighted by atomic mass is 16.1. The lowest BCUT2D eigenvalue weighted by Crippen LogP contribution is -2.57. The van der Waals surface area contributed by atoms with Crippen molar-refractivity contribution in [2.24, 2.45) is 17.1 Å². The number of hydrogen-bond acceptors (Lipinski definition) is 2. The van der Waals surface area contributed by atoms with Crippen LogP contribution in [0.5, 0.6) is 0 Å². The summed E-state index contributed by atoms with van der Waals surface area (Å²) in [6.07, 6.45) is 5.14. The van der Waals surface area contributed by atoms with Crippen molar-refractivity contribution in [1.29, 1.82) is 0 Å².